The van der Waals surface area contributed by atoms with Crippen LogP contribution in [0.2, 0.25) is 18.1 Å². The van der Waals surface area contributed by atoms with Crippen LogP contribution in [0.15, 0.2) is 24.3 Å². The maximum absolute atomic E-state index is 7.10. The average molecular weight is 475 g/mol. The van der Waals surface area contributed by atoms with Gasteiger partial charge in [-0.05, 0) is 42.8 Å². The number of unbranched alkanes of at least 4 members (excludes halogenated alkanes) is 15. The highest BCUT2D eigenvalue weighted by Gasteiger charge is 2.35. The lowest BCUT2D eigenvalue weighted by atomic mass is 10.1. The predicted octanol–water partition coefficient (Wildman–Crippen LogP) is 11.4. The van der Waals surface area contributed by atoms with Crippen LogP contribution in [0, 0.1) is 6.92 Å². The van der Waals surface area contributed by atoms with Crippen molar-refractivity contribution in [2.75, 3.05) is 0 Å². The number of benzene rings is 1. The molecule has 192 valence electrons. The Kier molecular flexibility index (Phi) is 18.9. The molecule has 0 radical (unpaired) electrons. The first kappa shape index (κ1) is 30.3. The Labute approximate surface area is 209 Å². The molecule has 0 aliphatic carbocycles. The Morgan fingerprint density at radius 3 is 1.33 bits per heavy atom. The van der Waals surface area contributed by atoms with Crippen molar-refractivity contribution >= 4 is 8.32 Å². The fourth-order valence-electron chi connectivity index (χ4n) is 5.14. The van der Waals surface area contributed by atoms with E-state index in [1.807, 2.05) is 0 Å². The van der Waals surface area contributed by atoms with Gasteiger partial charge in [0.15, 0.2) is 0 Å². The first-order valence-electron chi connectivity index (χ1n) is 14.9. The van der Waals surface area contributed by atoms with Crippen LogP contribution in [0.3, 0.4) is 0 Å². The summed E-state index contributed by atoms with van der Waals surface area (Å²) in [6, 6.07) is 13.0. The van der Waals surface area contributed by atoms with E-state index in [0.717, 1.165) is 5.75 Å². The highest BCUT2D eigenvalue weighted by atomic mass is 28.4. The molecule has 0 fully saturated rings. The van der Waals surface area contributed by atoms with E-state index in [1.54, 1.807) is 0 Å². The van der Waals surface area contributed by atoms with E-state index in [4.69, 9.17) is 4.43 Å². The van der Waals surface area contributed by atoms with Crippen molar-refractivity contribution in [3.8, 4) is 5.75 Å². The van der Waals surface area contributed by atoms with Gasteiger partial charge in [-0.25, -0.2) is 0 Å². The zero-order chi connectivity index (χ0) is 24.0. The van der Waals surface area contributed by atoms with Crippen molar-refractivity contribution in [1.29, 1.82) is 0 Å². The van der Waals surface area contributed by atoms with Gasteiger partial charge in [-0.1, -0.05) is 148 Å². The van der Waals surface area contributed by atoms with E-state index in [1.165, 1.54) is 139 Å². The minimum absolute atomic E-state index is 1.16. The fraction of sp³-hybridized carbons (Fsp3) is 0.806. The van der Waals surface area contributed by atoms with Crippen LogP contribution in [0.25, 0.3) is 0 Å². The van der Waals surface area contributed by atoms with Gasteiger partial charge in [0.2, 0.25) is 0 Å². The van der Waals surface area contributed by atoms with Gasteiger partial charge in [0.05, 0.1) is 0 Å². The minimum Gasteiger partial charge on any atom is -0.543 e. The molecule has 0 aliphatic heterocycles. The van der Waals surface area contributed by atoms with Gasteiger partial charge < -0.3 is 4.43 Å². The smallest absolute Gasteiger partial charge is 0.251 e. The van der Waals surface area contributed by atoms with Gasteiger partial charge in [-0.15, -0.1) is 0 Å². The lowest BCUT2D eigenvalue weighted by Gasteiger charge is -2.33. The van der Waals surface area contributed by atoms with Crippen LogP contribution in [-0.4, -0.2) is 8.32 Å². The maximum Gasteiger partial charge on any atom is 0.251 e. The van der Waals surface area contributed by atoms with E-state index in [-0.39, 0.29) is 0 Å². The molecule has 0 amide bonds. The summed E-state index contributed by atoms with van der Waals surface area (Å²) in [5.74, 6) is 1.16. The summed E-state index contributed by atoms with van der Waals surface area (Å²) in [5.41, 5.74) is 1.33. The fourth-order valence-corrected chi connectivity index (χ4v) is 9.51. The van der Waals surface area contributed by atoms with Gasteiger partial charge in [0.1, 0.15) is 5.75 Å². The minimum atomic E-state index is -1.76. The van der Waals surface area contributed by atoms with Gasteiger partial charge in [0.25, 0.3) is 8.32 Å². The van der Waals surface area contributed by atoms with Crippen LogP contribution >= 0.6 is 0 Å². The van der Waals surface area contributed by atoms with Crippen LogP contribution in [0.4, 0.5) is 0 Å². The highest BCUT2D eigenvalue weighted by Crippen LogP contribution is 2.33. The quantitative estimate of drug-likeness (QED) is 0.113. The summed E-state index contributed by atoms with van der Waals surface area (Å²) >= 11 is 0. The summed E-state index contributed by atoms with van der Waals surface area (Å²) in [7, 11) is -1.76. The summed E-state index contributed by atoms with van der Waals surface area (Å²) in [5, 5.41) is 0. The number of aryl methyl sites for hydroxylation is 1. The highest BCUT2D eigenvalue weighted by molar-refractivity contribution is 6.74. The van der Waals surface area contributed by atoms with Crippen molar-refractivity contribution in [3.05, 3.63) is 29.8 Å². The monoisotopic (exact) mass is 474 g/mol. The van der Waals surface area contributed by atoms with Gasteiger partial charge >= 0.3 is 0 Å². The first-order chi connectivity index (χ1) is 16.2. The molecule has 0 bridgehead atoms. The SMILES string of the molecule is CCCCCCCC[Si](CCCCCCCC)(CCCCCCCC)Oc1cccc(C)c1. The van der Waals surface area contributed by atoms with Crippen molar-refractivity contribution in [2.45, 2.75) is 161 Å². The van der Waals surface area contributed by atoms with E-state index >= 15 is 0 Å². The molecule has 0 aliphatic rings. The molecule has 0 unspecified atom stereocenters. The zero-order valence-electron chi connectivity index (χ0n) is 23.1. The number of rotatable bonds is 23. The van der Waals surface area contributed by atoms with Gasteiger partial charge in [-0.3, -0.25) is 0 Å². The molecular weight excluding hydrogens is 416 g/mol. The standard InChI is InChI=1S/C31H58OSi/c1-5-8-11-14-17-20-26-33(27-21-18-15-12-9-6-2,28-22-19-16-13-10-7-3)32-31-25-23-24-30(4)29-31/h23-25,29H,5-22,26-28H2,1-4H3. The zero-order valence-corrected chi connectivity index (χ0v) is 24.1. The van der Waals surface area contributed by atoms with E-state index < -0.39 is 8.32 Å². The van der Waals surface area contributed by atoms with Crippen molar-refractivity contribution < 1.29 is 4.43 Å². The van der Waals surface area contributed by atoms with Gasteiger partial charge in [0, 0.05) is 0 Å². The number of hydrogen-bond donors (Lipinski definition) is 0. The molecule has 1 rings (SSSR count). The van der Waals surface area contributed by atoms with Crippen LogP contribution in [0.1, 0.15) is 142 Å². The molecule has 1 aromatic rings. The van der Waals surface area contributed by atoms with Gasteiger partial charge in [-0.2, -0.15) is 0 Å². The maximum atomic E-state index is 7.10. The summed E-state index contributed by atoms with van der Waals surface area (Å²) < 4.78 is 7.10. The molecule has 2 heteroatoms. The average Bonchev–Trinajstić information content (AvgIpc) is 2.81. The van der Waals surface area contributed by atoms with Crippen LogP contribution in [0.5, 0.6) is 5.75 Å². The van der Waals surface area contributed by atoms with E-state index in [9.17, 15) is 0 Å². The normalized spacial score (nSPS) is 11.8. The molecule has 1 aromatic carbocycles. The van der Waals surface area contributed by atoms with E-state index in [0.29, 0.717) is 0 Å². The van der Waals surface area contributed by atoms with Crippen LogP contribution in [-0.2, 0) is 0 Å². The predicted molar refractivity (Wildman–Crippen MR) is 152 cm³/mol. The lowest BCUT2D eigenvalue weighted by molar-refractivity contribution is 0.498. The second kappa shape index (κ2) is 20.6. The Bertz CT molecular complexity index is 515. The summed E-state index contributed by atoms with van der Waals surface area (Å²) in [6.07, 6.45) is 25.1. The summed E-state index contributed by atoms with van der Waals surface area (Å²) in [6.45, 7) is 9.14. The largest absolute Gasteiger partial charge is 0.543 e. The third-order valence-corrected chi connectivity index (χ3v) is 11.7. The van der Waals surface area contributed by atoms with Crippen molar-refractivity contribution in [3.63, 3.8) is 0 Å². The van der Waals surface area contributed by atoms with E-state index in [2.05, 4.69) is 52.0 Å². The Hall–Kier alpha value is -0.763. The number of hydrogen-bond acceptors (Lipinski definition) is 1. The molecule has 0 spiro atoms. The topological polar surface area (TPSA) is 9.23 Å². The lowest BCUT2D eigenvalue weighted by Crippen LogP contribution is -2.41. The van der Waals surface area contributed by atoms with Crippen molar-refractivity contribution in [2.24, 2.45) is 0 Å². The molecule has 0 heterocycles. The molecule has 0 aromatic heterocycles. The Morgan fingerprint density at radius 2 is 0.939 bits per heavy atom. The Morgan fingerprint density at radius 1 is 0.545 bits per heavy atom. The molecule has 0 saturated heterocycles. The molecule has 0 N–H and O–H groups in total. The molecular formula is C31H58OSi. The molecule has 0 saturated carbocycles. The second-order valence-electron chi connectivity index (χ2n) is 10.7. The first-order valence-corrected chi connectivity index (χ1v) is 17.4. The third kappa shape index (κ3) is 15.7. The molecule has 33 heavy (non-hydrogen) atoms. The molecule has 1 nitrogen and oxygen atoms in total. The third-order valence-electron chi connectivity index (χ3n) is 7.28. The second-order valence-corrected chi connectivity index (χ2v) is 14.7. The molecule has 0 atom stereocenters. The summed E-state index contributed by atoms with van der Waals surface area (Å²) in [4.78, 5) is 0. The van der Waals surface area contributed by atoms with Crippen molar-refractivity contribution in [1.82, 2.24) is 0 Å². The Balaban J connectivity index is 2.77. The van der Waals surface area contributed by atoms with Crippen LogP contribution < -0.4 is 4.43 Å².